The second-order valence-electron chi connectivity index (χ2n) is 3.48. The Morgan fingerprint density at radius 1 is 1.00 bits per heavy atom. The number of para-hydroxylation sites is 1. The molecule has 0 unspecified atom stereocenters. The van der Waals surface area contributed by atoms with E-state index >= 15 is 0 Å². The van der Waals surface area contributed by atoms with Crippen molar-refractivity contribution in [3.8, 4) is 0 Å². The van der Waals surface area contributed by atoms with Crippen LogP contribution in [-0.2, 0) is 0 Å². The molecule has 2 aromatic carbocycles. The van der Waals surface area contributed by atoms with Crippen LogP contribution in [0.25, 0.3) is 21.9 Å². The standard InChI is InChI=1S/C12H5ClF2O/c13-9-3-1-2-7-8-4-6(14)5-10(15)12(8)16-11(7)9/h1-5H. The number of halogens is 3. The molecule has 1 aromatic heterocycles. The van der Waals surface area contributed by atoms with Gasteiger partial charge in [-0.05, 0) is 12.1 Å². The van der Waals surface area contributed by atoms with E-state index in [4.69, 9.17) is 16.0 Å². The van der Waals surface area contributed by atoms with Gasteiger partial charge >= 0.3 is 0 Å². The topological polar surface area (TPSA) is 13.1 Å². The summed E-state index contributed by atoms with van der Waals surface area (Å²) < 4.78 is 31.8. The molecule has 0 N–H and O–H groups in total. The van der Waals surface area contributed by atoms with Gasteiger partial charge in [-0.3, -0.25) is 0 Å². The van der Waals surface area contributed by atoms with E-state index in [1.54, 1.807) is 18.2 Å². The Kier molecular flexibility index (Phi) is 1.91. The van der Waals surface area contributed by atoms with Gasteiger partial charge in [-0.1, -0.05) is 23.7 Å². The lowest BCUT2D eigenvalue weighted by atomic mass is 10.1. The molecule has 0 saturated carbocycles. The Bertz CT molecular complexity index is 703. The van der Waals surface area contributed by atoms with Gasteiger partial charge in [0.05, 0.1) is 5.02 Å². The third-order valence-electron chi connectivity index (χ3n) is 2.47. The summed E-state index contributed by atoms with van der Waals surface area (Å²) in [5.41, 5.74) is 0.410. The van der Waals surface area contributed by atoms with E-state index in [1.807, 2.05) is 0 Å². The normalized spacial score (nSPS) is 11.4. The molecule has 3 rings (SSSR count). The van der Waals surface area contributed by atoms with Crippen molar-refractivity contribution in [2.24, 2.45) is 0 Å². The first-order valence-corrected chi connectivity index (χ1v) is 5.00. The molecule has 1 nitrogen and oxygen atoms in total. The molecule has 1 heterocycles. The van der Waals surface area contributed by atoms with E-state index in [0.717, 1.165) is 6.07 Å². The summed E-state index contributed by atoms with van der Waals surface area (Å²) in [6.07, 6.45) is 0. The van der Waals surface area contributed by atoms with Crippen molar-refractivity contribution in [3.63, 3.8) is 0 Å². The summed E-state index contributed by atoms with van der Waals surface area (Å²) in [6.45, 7) is 0. The van der Waals surface area contributed by atoms with E-state index < -0.39 is 11.6 Å². The van der Waals surface area contributed by atoms with Crippen molar-refractivity contribution in [2.75, 3.05) is 0 Å². The van der Waals surface area contributed by atoms with Crippen LogP contribution in [0.3, 0.4) is 0 Å². The summed E-state index contributed by atoms with van der Waals surface area (Å²) in [6, 6.07) is 7.09. The van der Waals surface area contributed by atoms with E-state index in [9.17, 15) is 8.78 Å². The van der Waals surface area contributed by atoms with Crippen LogP contribution in [0, 0.1) is 11.6 Å². The van der Waals surface area contributed by atoms with Gasteiger partial charge < -0.3 is 4.42 Å². The van der Waals surface area contributed by atoms with Crippen LogP contribution in [0.4, 0.5) is 8.78 Å². The Morgan fingerprint density at radius 2 is 1.81 bits per heavy atom. The van der Waals surface area contributed by atoms with Crippen molar-refractivity contribution in [1.82, 2.24) is 0 Å². The fourth-order valence-electron chi connectivity index (χ4n) is 1.79. The molecular formula is C12H5ClF2O. The molecular weight excluding hydrogens is 234 g/mol. The van der Waals surface area contributed by atoms with Gasteiger partial charge in [-0.25, -0.2) is 8.78 Å². The molecule has 0 fully saturated rings. The fraction of sp³-hybridized carbons (Fsp3) is 0. The molecule has 0 amide bonds. The van der Waals surface area contributed by atoms with Crippen molar-refractivity contribution in [1.29, 1.82) is 0 Å². The summed E-state index contributed by atoms with van der Waals surface area (Å²) in [7, 11) is 0. The summed E-state index contributed by atoms with van der Waals surface area (Å²) >= 11 is 5.91. The van der Waals surface area contributed by atoms with Gasteiger partial charge in [0.2, 0.25) is 0 Å². The minimum Gasteiger partial charge on any atom is -0.451 e. The van der Waals surface area contributed by atoms with Crippen molar-refractivity contribution in [2.45, 2.75) is 0 Å². The van der Waals surface area contributed by atoms with Crippen LogP contribution in [0.2, 0.25) is 5.02 Å². The maximum Gasteiger partial charge on any atom is 0.171 e. The third kappa shape index (κ3) is 1.21. The highest BCUT2D eigenvalue weighted by Gasteiger charge is 2.14. The van der Waals surface area contributed by atoms with Crippen LogP contribution in [-0.4, -0.2) is 0 Å². The molecule has 0 atom stereocenters. The van der Waals surface area contributed by atoms with Crippen molar-refractivity contribution < 1.29 is 13.2 Å². The molecule has 80 valence electrons. The molecule has 3 aromatic rings. The highest BCUT2D eigenvalue weighted by Crippen LogP contribution is 2.34. The lowest BCUT2D eigenvalue weighted by Gasteiger charge is -1.91. The maximum absolute atomic E-state index is 13.4. The Balaban J connectivity index is 2.61. The summed E-state index contributed by atoms with van der Waals surface area (Å²) in [5.74, 6) is -1.35. The van der Waals surface area contributed by atoms with E-state index in [2.05, 4.69) is 0 Å². The zero-order valence-electron chi connectivity index (χ0n) is 7.93. The predicted molar refractivity (Wildman–Crippen MR) is 58.6 cm³/mol. The molecule has 0 aliphatic carbocycles. The number of benzene rings is 2. The summed E-state index contributed by atoms with van der Waals surface area (Å²) in [4.78, 5) is 0. The van der Waals surface area contributed by atoms with Crippen LogP contribution < -0.4 is 0 Å². The number of hydrogen-bond donors (Lipinski definition) is 0. The Morgan fingerprint density at radius 3 is 2.62 bits per heavy atom. The molecule has 0 saturated heterocycles. The maximum atomic E-state index is 13.4. The monoisotopic (exact) mass is 238 g/mol. The van der Waals surface area contributed by atoms with Gasteiger partial charge in [0.1, 0.15) is 5.82 Å². The zero-order chi connectivity index (χ0) is 11.3. The van der Waals surface area contributed by atoms with Crippen molar-refractivity contribution in [3.05, 3.63) is 47.0 Å². The molecule has 16 heavy (non-hydrogen) atoms. The predicted octanol–water partition coefficient (Wildman–Crippen LogP) is 4.52. The molecule has 0 bridgehead atoms. The lowest BCUT2D eigenvalue weighted by molar-refractivity contribution is 0.562. The van der Waals surface area contributed by atoms with E-state index in [1.165, 1.54) is 6.07 Å². The molecule has 0 aliphatic rings. The van der Waals surface area contributed by atoms with E-state index in [0.29, 0.717) is 21.4 Å². The van der Waals surface area contributed by atoms with Gasteiger partial charge in [-0.15, -0.1) is 0 Å². The van der Waals surface area contributed by atoms with Crippen LogP contribution in [0.15, 0.2) is 34.7 Å². The van der Waals surface area contributed by atoms with Crippen LogP contribution in [0.1, 0.15) is 0 Å². The number of fused-ring (bicyclic) bond motifs is 3. The minimum atomic E-state index is -0.720. The van der Waals surface area contributed by atoms with Gasteiger partial charge in [0, 0.05) is 16.8 Å². The SMILES string of the molecule is Fc1cc(F)c2oc3c(Cl)cccc3c2c1. The van der Waals surface area contributed by atoms with Crippen LogP contribution in [0.5, 0.6) is 0 Å². The second-order valence-corrected chi connectivity index (χ2v) is 3.89. The number of hydrogen-bond acceptors (Lipinski definition) is 1. The zero-order valence-corrected chi connectivity index (χ0v) is 8.68. The Hall–Kier alpha value is -1.61. The first kappa shape index (κ1) is 9.60. The Labute approximate surface area is 94.2 Å². The lowest BCUT2D eigenvalue weighted by Crippen LogP contribution is -1.78. The third-order valence-corrected chi connectivity index (χ3v) is 2.77. The number of rotatable bonds is 0. The first-order chi connectivity index (χ1) is 7.66. The average molecular weight is 239 g/mol. The van der Waals surface area contributed by atoms with Crippen LogP contribution >= 0.6 is 11.6 Å². The fourth-order valence-corrected chi connectivity index (χ4v) is 2.00. The van der Waals surface area contributed by atoms with Gasteiger partial charge in [0.25, 0.3) is 0 Å². The summed E-state index contributed by atoms with van der Waals surface area (Å²) in [5, 5.41) is 1.39. The quantitative estimate of drug-likeness (QED) is 0.561. The molecule has 0 radical (unpaired) electrons. The molecule has 0 spiro atoms. The highest BCUT2D eigenvalue weighted by atomic mass is 35.5. The van der Waals surface area contributed by atoms with Crippen molar-refractivity contribution >= 4 is 33.5 Å². The largest absolute Gasteiger partial charge is 0.451 e. The average Bonchev–Trinajstić information content (AvgIpc) is 2.59. The minimum absolute atomic E-state index is 0.0319. The number of furan rings is 1. The second kappa shape index (κ2) is 3.19. The van der Waals surface area contributed by atoms with E-state index in [-0.39, 0.29) is 5.58 Å². The molecule has 0 aliphatic heterocycles. The first-order valence-electron chi connectivity index (χ1n) is 4.62. The smallest absolute Gasteiger partial charge is 0.171 e. The van der Waals surface area contributed by atoms with Gasteiger partial charge in [-0.2, -0.15) is 0 Å². The highest BCUT2D eigenvalue weighted by molar-refractivity contribution is 6.35. The van der Waals surface area contributed by atoms with Gasteiger partial charge in [0.15, 0.2) is 17.0 Å². The molecule has 4 heteroatoms.